The number of amides is 1. The monoisotopic (exact) mass is 279 g/mol. The Kier molecular flexibility index (Phi) is 4.52. The van der Waals surface area contributed by atoms with Gasteiger partial charge in [-0.15, -0.1) is 10.2 Å². The molecule has 0 aliphatic rings. The van der Waals surface area contributed by atoms with Gasteiger partial charge in [-0.2, -0.15) is 0 Å². The molecule has 19 heavy (non-hydrogen) atoms. The summed E-state index contributed by atoms with van der Waals surface area (Å²) in [7, 11) is 0. The van der Waals surface area contributed by atoms with Gasteiger partial charge in [0.15, 0.2) is 0 Å². The average Bonchev–Trinajstić information content (AvgIpc) is 2.87. The lowest BCUT2D eigenvalue weighted by atomic mass is 10.2. The predicted octanol–water partition coefficient (Wildman–Crippen LogP) is 2.46. The Hall–Kier alpha value is -1.88. The second-order valence-corrected chi connectivity index (χ2v) is 4.34. The molecule has 5 nitrogen and oxygen atoms in total. The van der Waals surface area contributed by atoms with E-state index in [1.54, 1.807) is 13.0 Å². The molecule has 6 heteroatoms. The van der Waals surface area contributed by atoms with E-state index < -0.39 is 0 Å². The normalized spacial score (nSPS) is 10.4. The summed E-state index contributed by atoms with van der Waals surface area (Å²) in [6.07, 6.45) is 0.970. The maximum atomic E-state index is 11.1. The number of rotatable bonds is 5. The zero-order valence-corrected chi connectivity index (χ0v) is 11.3. The molecule has 0 saturated carbocycles. The van der Waals surface area contributed by atoms with Crippen molar-refractivity contribution in [2.75, 3.05) is 6.54 Å². The van der Waals surface area contributed by atoms with Crippen molar-refractivity contribution < 1.29 is 9.21 Å². The largest absolute Gasteiger partial charge is 0.421 e. The van der Waals surface area contributed by atoms with Crippen LogP contribution < -0.4 is 5.32 Å². The molecule has 0 saturated heterocycles. The molecule has 1 N–H and O–H groups in total. The van der Waals surface area contributed by atoms with Crippen molar-refractivity contribution in [3.05, 3.63) is 35.2 Å². The number of hydrogen-bond acceptors (Lipinski definition) is 4. The van der Waals surface area contributed by atoms with Gasteiger partial charge in [-0.1, -0.05) is 30.7 Å². The molecule has 1 aromatic carbocycles. The average molecular weight is 280 g/mol. The molecule has 2 rings (SSSR count). The highest BCUT2D eigenvalue weighted by molar-refractivity contribution is 6.33. The van der Waals surface area contributed by atoms with E-state index in [4.69, 9.17) is 16.0 Å². The Morgan fingerprint density at radius 2 is 2.16 bits per heavy atom. The second-order valence-electron chi connectivity index (χ2n) is 3.93. The number of nitrogens with one attached hydrogen (secondary N) is 1. The number of carbonyl (C=O) groups excluding carboxylic acids is 1. The van der Waals surface area contributed by atoms with Gasteiger partial charge in [0.1, 0.15) is 0 Å². The predicted molar refractivity (Wildman–Crippen MR) is 71.7 cm³/mol. The fourth-order valence-corrected chi connectivity index (χ4v) is 1.75. The highest BCUT2D eigenvalue weighted by Gasteiger charge is 2.11. The van der Waals surface area contributed by atoms with Gasteiger partial charge in [0.25, 0.3) is 0 Å². The minimum atomic E-state index is 0.00541. The first-order valence-corrected chi connectivity index (χ1v) is 6.42. The van der Waals surface area contributed by atoms with Crippen LogP contribution in [0.5, 0.6) is 0 Å². The summed E-state index contributed by atoms with van der Waals surface area (Å²) in [6.45, 7) is 2.29. The summed E-state index contributed by atoms with van der Waals surface area (Å²) in [5, 5.41) is 11.2. The van der Waals surface area contributed by atoms with E-state index in [1.165, 1.54) is 0 Å². The van der Waals surface area contributed by atoms with E-state index in [2.05, 4.69) is 15.5 Å². The van der Waals surface area contributed by atoms with Crippen molar-refractivity contribution in [3.63, 3.8) is 0 Å². The Labute approximate surface area is 116 Å². The number of carbonyl (C=O) groups is 1. The molecule has 1 amide bonds. The Balaban J connectivity index is 2.00. The van der Waals surface area contributed by atoms with Crippen LogP contribution in [0.25, 0.3) is 11.5 Å². The molecule has 0 fully saturated rings. The van der Waals surface area contributed by atoms with Gasteiger partial charge in [0, 0.05) is 19.4 Å². The van der Waals surface area contributed by atoms with Gasteiger partial charge in [0.2, 0.25) is 17.7 Å². The first kappa shape index (κ1) is 13.5. The van der Waals surface area contributed by atoms with Crippen molar-refractivity contribution in [2.24, 2.45) is 0 Å². The number of halogens is 1. The molecule has 0 unspecified atom stereocenters. The van der Waals surface area contributed by atoms with Crippen LogP contribution in [0.3, 0.4) is 0 Å². The van der Waals surface area contributed by atoms with Gasteiger partial charge < -0.3 is 9.73 Å². The van der Waals surface area contributed by atoms with E-state index in [0.29, 0.717) is 41.8 Å². The van der Waals surface area contributed by atoms with Gasteiger partial charge in [-0.3, -0.25) is 4.79 Å². The third-order valence-electron chi connectivity index (χ3n) is 2.55. The quantitative estimate of drug-likeness (QED) is 0.913. The van der Waals surface area contributed by atoms with Crippen molar-refractivity contribution in [3.8, 4) is 11.5 Å². The van der Waals surface area contributed by atoms with Crippen LogP contribution in [-0.2, 0) is 11.2 Å². The third kappa shape index (κ3) is 3.54. The van der Waals surface area contributed by atoms with Gasteiger partial charge >= 0.3 is 0 Å². The van der Waals surface area contributed by atoms with Crippen LogP contribution in [0.2, 0.25) is 5.02 Å². The lowest BCUT2D eigenvalue weighted by Gasteiger charge is -2.00. The van der Waals surface area contributed by atoms with Crippen molar-refractivity contribution in [1.82, 2.24) is 15.5 Å². The summed E-state index contributed by atoms with van der Waals surface area (Å²) in [4.78, 5) is 11.1. The van der Waals surface area contributed by atoms with Crippen molar-refractivity contribution in [2.45, 2.75) is 19.8 Å². The fourth-order valence-electron chi connectivity index (χ4n) is 1.53. The molecule has 0 spiro atoms. The fraction of sp³-hybridized carbons (Fsp3) is 0.308. The molecule has 1 aromatic heterocycles. The van der Waals surface area contributed by atoms with Gasteiger partial charge in [0.05, 0.1) is 10.6 Å². The van der Waals surface area contributed by atoms with E-state index in [-0.39, 0.29) is 5.91 Å². The molecule has 0 atom stereocenters. The molecule has 0 aliphatic carbocycles. The van der Waals surface area contributed by atoms with E-state index in [1.807, 2.05) is 18.2 Å². The molecular formula is C13H14ClN3O2. The Morgan fingerprint density at radius 3 is 2.89 bits per heavy atom. The van der Waals surface area contributed by atoms with Crippen LogP contribution in [0.15, 0.2) is 28.7 Å². The number of benzene rings is 1. The maximum absolute atomic E-state index is 11.1. The summed E-state index contributed by atoms with van der Waals surface area (Å²) in [6, 6.07) is 7.27. The van der Waals surface area contributed by atoms with Gasteiger partial charge in [-0.25, -0.2) is 0 Å². The van der Waals surface area contributed by atoms with E-state index >= 15 is 0 Å². The zero-order chi connectivity index (χ0) is 13.7. The zero-order valence-electron chi connectivity index (χ0n) is 10.5. The Morgan fingerprint density at radius 1 is 1.37 bits per heavy atom. The highest BCUT2D eigenvalue weighted by Crippen LogP contribution is 2.26. The number of nitrogens with zero attached hydrogens (tertiary/aromatic N) is 2. The van der Waals surface area contributed by atoms with Crippen LogP contribution in [0.1, 0.15) is 19.2 Å². The summed E-state index contributed by atoms with van der Waals surface area (Å²) in [5.41, 5.74) is 0.709. The Bertz CT molecular complexity index is 569. The minimum absolute atomic E-state index is 0.00541. The highest BCUT2D eigenvalue weighted by atomic mass is 35.5. The standard InChI is InChI=1S/C13H14ClN3O2/c1-2-11(18)15-8-7-12-16-17-13(19-12)9-5-3-4-6-10(9)14/h3-6H,2,7-8H2,1H3,(H,15,18). The molecule has 0 radical (unpaired) electrons. The molecule has 100 valence electrons. The van der Waals surface area contributed by atoms with Crippen LogP contribution in [-0.4, -0.2) is 22.6 Å². The van der Waals surface area contributed by atoms with Crippen LogP contribution >= 0.6 is 11.6 Å². The first-order chi connectivity index (χ1) is 9.20. The molecule has 0 aliphatic heterocycles. The van der Waals surface area contributed by atoms with Crippen LogP contribution in [0.4, 0.5) is 0 Å². The topological polar surface area (TPSA) is 68.0 Å². The second kappa shape index (κ2) is 6.33. The summed E-state index contributed by atoms with van der Waals surface area (Å²) >= 11 is 6.05. The molecule has 0 bridgehead atoms. The SMILES string of the molecule is CCC(=O)NCCc1nnc(-c2ccccc2Cl)o1. The lowest BCUT2D eigenvalue weighted by molar-refractivity contribution is -0.120. The van der Waals surface area contributed by atoms with Crippen molar-refractivity contribution >= 4 is 17.5 Å². The summed E-state index contributed by atoms with van der Waals surface area (Å²) < 4.78 is 5.51. The van der Waals surface area contributed by atoms with Crippen molar-refractivity contribution in [1.29, 1.82) is 0 Å². The smallest absolute Gasteiger partial charge is 0.249 e. The third-order valence-corrected chi connectivity index (χ3v) is 2.88. The van der Waals surface area contributed by atoms with Crippen LogP contribution in [0, 0.1) is 0 Å². The van der Waals surface area contributed by atoms with E-state index in [0.717, 1.165) is 0 Å². The maximum Gasteiger partial charge on any atom is 0.249 e. The number of aromatic nitrogens is 2. The molecule has 1 heterocycles. The number of hydrogen-bond donors (Lipinski definition) is 1. The summed E-state index contributed by atoms with van der Waals surface area (Å²) in [5.74, 6) is 0.875. The lowest BCUT2D eigenvalue weighted by Crippen LogP contribution is -2.24. The first-order valence-electron chi connectivity index (χ1n) is 6.04. The van der Waals surface area contributed by atoms with Gasteiger partial charge in [-0.05, 0) is 12.1 Å². The molecule has 2 aromatic rings. The molecular weight excluding hydrogens is 266 g/mol. The minimum Gasteiger partial charge on any atom is -0.421 e. The van der Waals surface area contributed by atoms with E-state index in [9.17, 15) is 4.79 Å².